The Kier molecular flexibility index (Phi) is 2.91. The zero-order chi connectivity index (χ0) is 17.0. The predicted octanol–water partition coefficient (Wildman–Crippen LogP) is 3.17. The molecule has 5 rings (SSSR count). The molecule has 2 atom stereocenters. The molecule has 4 aromatic rings. The van der Waals surface area contributed by atoms with Crippen LogP contribution < -0.4 is 5.32 Å². The van der Waals surface area contributed by atoms with E-state index in [1.807, 2.05) is 36.8 Å². The number of carbonyl (C=O) groups is 1. The van der Waals surface area contributed by atoms with Crippen LogP contribution in [-0.4, -0.2) is 31.7 Å². The maximum absolute atomic E-state index is 13.0. The van der Waals surface area contributed by atoms with Crippen molar-refractivity contribution in [1.82, 2.24) is 19.6 Å². The standard InChI is InChI=1S/C18H14FN5O/c19-15-8-14(15)18(25)22-16-7-13-6-10(2-4-24(13)23-16)12-5-11-1-3-20-17(11)21-9-12/h1-7,9,14-15H,8H2,(H,20,21)(H,22,23,25). The Hall–Kier alpha value is -3.22. The van der Waals surface area contributed by atoms with Crippen LogP contribution in [0.2, 0.25) is 0 Å². The molecule has 1 aliphatic carbocycles. The van der Waals surface area contributed by atoms with Crippen LogP contribution >= 0.6 is 0 Å². The summed E-state index contributed by atoms with van der Waals surface area (Å²) in [6, 6.07) is 9.75. The summed E-state index contributed by atoms with van der Waals surface area (Å²) in [6.07, 6.45) is 4.80. The monoisotopic (exact) mass is 335 g/mol. The Morgan fingerprint density at radius 2 is 2.16 bits per heavy atom. The number of nitrogens with one attached hydrogen (secondary N) is 2. The number of H-pyrrole nitrogens is 1. The molecule has 0 aromatic carbocycles. The van der Waals surface area contributed by atoms with Crippen molar-refractivity contribution in [3.63, 3.8) is 0 Å². The first-order chi connectivity index (χ1) is 12.2. The lowest BCUT2D eigenvalue weighted by Crippen LogP contribution is -2.15. The summed E-state index contributed by atoms with van der Waals surface area (Å²) in [6.45, 7) is 0. The summed E-state index contributed by atoms with van der Waals surface area (Å²) in [5, 5.41) is 8.03. The molecule has 124 valence electrons. The Labute approximate surface area is 141 Å². The van der Waals surface area contributed by atoms with Crippen LogP contribution in [0.5, 0.6) is 0 Å². The number of nitrogens with zero attached hydrogens (tertiary/aromatic N) is 3. The van der Waals surface area contributed by atoms with Crippen molar-refractivity contribution in [2.75, 3.05) is 5.32 Å². The normalized spacial score (nSPS) is 19.4. The molecular weight excluding hydrogens is 321 g/mol. The fraction of sp³-hybridized carbons (Fsp3) is 0.167. The highest BCUT2D eigenvalue weighted by atomic mass is 19.1. The van der Waals surface area contributed by atoms with Crippen molar-refractivity contribution < 1.29 is 9.18 Å². The summed E-state index contributed by atoms with van der Waals surface area (Å²) in [4.78, 5) is 19.3. The predicted molar refractivity (Wildman–Crippen MR) is 91.9 cm³/mol. The van der Waals surface area contributed by atoms with Crippen molar-refractivity contribution >= 4 is 28.3 Å². The number of aromatic nitrogens is 4. The number of hydrogen-bond donors (Lipinski definition) is 2. The zero-order valence-electron chi connectivity index (χ0n) is 13.1. The number of amides is 1. The van der Waals surface area contributed by atoms with Gasteiger partial charge < -0.3 is 10.3 Å². The van der Waals surface area contributed by atoms with Gasteiger partial charge in [0.1, 0.15) is 11.8 Å². The van der Waals surface area contributed by atoms with Gasteiger partial charge in [0, 0.05) is 35.6 Å². The van der Waals surface area contributed by atoms with Gasteiger partial charge in [-0.25, -0.2) is 13.9 Å². The minimum Gasteiger partial charge on any atom is -0.346 e. The molecule has 4 heterocycles. The van der Waals surface area contributed by atoms with E-state index in [9.17, 15) is 9.18 Å². The molecular formula is C18H14FN5O. The van der Waals surface area contributed by atoms with E-state index in [2.05, 4.69) is 26.4 Å². The Morgan fingerprint density at radius 3 is 3.00 bits per heavy atom. The van der Waals surface area contributed by atoms with E-state index in [0.717, 1.165) is 27.7 Å². The van der Waals surface area contributed by atoms with Crippen molar-refractivity contribution in [2.45, 2.75) is 12.6 Å². The molecule has 0 bridgehead atoms. The number of pyridine rings is 2. The molecule has 0 saturated heterocycles. The zero-order valence-corrected chi connectivity index (χ0v) is 13.1. The highest BCUT2D eigenvalue weighted by Gasteiger charge is 2.43. The molecule has 1 saturated carbocycles. The van der Waals surface area contributed by atoms with Crippen LogP contribution in [0.1, 0.15) is 6.42 Å². The third-order valence-corrected chi connectivity index (χ3v) is 4.50. The SMILES string of the molecule is O=C(Nc1cc2cc(-c3cnc4[nH]ccc4c3)ccn2n1)C1CC1F. The van der Waals surface area contributed by atoms with Crippen molar-refractivity contribution in [2.24, 2.45) is 5.92 Å². The lowest BCUT2D eigenvalue weighted by molar-refractivity contribution is -0.117. The van der Waals surface area contributed by atoms with Gasteiger partial charge in [0.25, 0.3) is 0 Å². The number of aromatic amines is 1. The van der Waals surface area contributed by atoms with E-state index in [-0.39, 0.29) is 5.91 Å². The van der Waals surface area contributed by atoms with Crippen LogP contribution in [0.4, 0.5) is 10.2 Å². The molecule has 6 nitrogen and oxygen atoms in total. The topological polar surface area (TPSA) is 75.1 Å². The molecule has 0 spiro atoms. The van der Waals surface area contributed by atoms with Gasteiger partial charge in [-0.1, -0.05) is 0 Å². The van der Waals surface area contributed by atoms with Crippen molar-refractivity contribution in [3.8, 4) is 11.1 Å². The molecule has 1 amide bonds. The highest BCUT2D eigenvalue weighted by Crippen LogP contribution is 2.34. The molecule has 0 aliphatic heterocycles. The largest absolute Gasteiger partial charge is 0.346 e. The number of alkyl halides is 1. The quantitative estimate of drug-likeness (QED) is 0.604. The van der Waals surface area contributed by atoms with Gasteiger partial charge in [0.05, 0.1) is 11.4 Å². The summed E-state index contributed by atoms with van der Waals surface area (Å²) in [5.74, 6) is -0.404. The molecule has 1 fully saturated rings. The van der Waals surface area contributed by atoms with Crippen molar-refractivity contribution in [3.05, 3.63) is 48.9 Å². The third kappa shape index (κ3) is 2.44. The second-order valence-electron chi connectivity index (χ2n) is 6.30. The third-order valence-electron chi connectivity index (χ3n) is 4.50. The number of fused-ring (bicyclic) bond motifs is 2. The van der Waals surface area contributed by atoms with Crippen molar-refractivity contribution in [1.29, 1.82) is 0 Å². The second kappa shape index (κ2) is 5.14. The van der Waals surface area contributed by atoms with Gasteiger partial charge >= 0.3 is 0 Å². The Bertz CT molecular complexity index is 1120. The number of rotatable bonds is 3. The molecule has 2 N–H and O–H groups in total. The lowest BCUT2D eigenvalue weighted by atomic mass is 10.1. The van der Waals surface area contributed by atoms with E-state index < -0.39 is 12.1 Å². The van der Waals surface area contributed by atoms with Gasteiger partial charge in [0.2, 0.25) is 5.91 Å². The number of anilines is 1. The molecule has 25 heavy (non-hydrogen) atoms. The van der Waals surface area contributed by atoms with Crippen LogP contribution in [0.25, 0.3) is 27.7 Å². The van der Waals surface area contributed by atoms with Crippen LogP contribution in [-0.2, 0) is 4.79 Å². The maximum atomic E-state index is 13.0. The molecule has 2 unspecified atom stereocenters. The van der Waals surface area contributed by atoms with E-state index in [1.54, 1.807) is 10.6 Å². The average molecular weight is 335 g/mol. The minimum atomic E-state index is -1.01. The van der Waals surface area contributed by atoms with Crippen LogP contribution in [0.3, 0.4) is 0 Å². The highest BCUT2D eigenvalue weighted by molar-refractivity contribution is 5.94. The Balaban J connectivity index is 1.47. The van der Waals surface area contributed by atoms with E-state index in [0.29, 0.717) is 12.2 Å². The lowest BCUT2D eigenvalue weighted by Gasteiger charge is -2.02. The number of hydrogen-bond acceptors (Lipinski definition) is 3. The summed E-state index contributed by atoms with van der Waals surface area (Å²) < 4.78 is 14.6. The first-order valence-electron chi connectivity index (χ1n) is 8.05. The molecule has 1 aliphatic rings. The molecule has 7 heteroatoms. The van der Waals surface area contributed by atoms with E-state index in [1.165, 1.54) is 0 Å². The van der Waals surface area contributed by atoms with Crippen LogP contribution in [0.15, 0.2) is 48.9 Å². The van der Waals surface area contributed by atoms with Gasteiger partial charge in [-0.2, -0.15) is 5.10 Å². The summed E-state index contributed by atoms with van der Waals surface area (Å²) in [7, 11) is 0. The molecule has 4 aromatic heterocycles. The Morgan fingerprint density at radius 1 is 1.28 bits per heavy atom. The maximum Gasteiger partial charge on any atom is 0.231 e. The van der Waals surface area contributed by atoms with Gasteiger partial charge in [-0.3, -0.25) is 4.79 Å². The average Bonchev–Trinajstić information content (AvgIpc) is 3.02. The minimum absolute atomic E-state index is 0.304. The summed E-state index contributed by atoms with van der Waals surface area (Å²) >= 11 is 0. The first kappa shape index (κ1) is 14.2. The fourth-order valence-corrected chi connectivity index (χ4v) is 2.99. The smallest absolute Gasteiger partial charge is 0.231 e. The number of carbonyl (C=O) groups excluding carboxylic acids is 1. The van der Waals surface area contributed by atoms with E-state index in [4.69, 9.17) is 0 Å². The summed E-state index contributed by atoms with van der Waals surface area (Å²) in [5.41, 5.74) is 3.70. The van der Waals surface area contributed by atoms with Gasteiger partial charge in [-0.05, 0) is 36.2 Å². The fourth-order valence-electron chi connectivity index (χ4n) is 2.99. The van der Waals surface area contributed by atoms with Crippen LogP contribution in [0, 0.1) is 5.92 Å². The molecule has 0 radical (unpaired) electrons. The second-order valence-corrected chi connectivity index (χ2v) is 6.30. The first-order valence-corrected chi connectivity index (χ1v) is 8.05. The van der Waals surface area contributed by atoms with E-state index >= 15 is 0 Å². The van der Waals surface area contributed by atoms with Gasteiger partial charge in [0.15, 0.2) is 5.82 Å². The number of halogens is 1. The van der Waals surface area contributed by atoms with Gasteiger partial charge in [-0.15, -0.1) is 0 Å².